The third-order valence-corrected chi connectivity index (χ3v) is 3.96. The molecule has 2 aromatic rings. The van der Waals surface area contributed by atoms with Crippen molar-refractivity contribution in [2.45, 2.75) is 10.6 Å². The van der Waals surface area contributed by atoms with Crippen LogP contribution in [0.2, 0.25) is 0 Å². The zero-order chi connectivity index (χ0) is 11.4. The molecule has 0 fully saturated rings. The van der Waals surface area contributed by atoms with Crippen LogP contribution in [0.4, 0.5) is 5.69 Å². The van der Waals surface area contributed by atoms with Crippen molar-refractivity contribution in [1.29, 1.82) is 0 Å². The molecule has 2 rings (SSSR count). The number of nitrogen functional groups attached to an aromatic ring is 1. The molecular formula is C13H12INS. The minimum atomic E-state index is 0.826. The molecule has 0 unspecified atom stereocenters. The summed E-state index contributed by atoms with van der Waals surface area (Å²) in [5, 5.41) is 0. The lowest BCUT2D eigenvalue weighted by Crippen LogP contribution is -1.85. The molecule has 2 N–H and O–H groups in total. The number of halogens is 1. The van der Waals surface area contributed by atoms with Crippen molar-refractivity contribution in [2.75, 3.05) is 5.73 Å². The Labute approximate surface area is 114 Å². The number of benzene rings is 2. The quantitative estimate of drug-likeness (QED) is 0.515. The van der Waals surface area contributed by atoms with Gasteiger partial charge in [-0.2, -0.15) is 0 Å². The number of anilines is 1. The van der Waals surface area contributed by atoms with Crippen LogP contribution in [-0.2, 0) is 5.75 Å². The largest absolute Gasteiger partial charge is 0.399 e. The number of nitrogens with two attached hydrogens (primary N) is 1. The van der Waals surface area contributed by atoms with Gasteiger partial charge in [0.25, 0.3) is 0 Å². The molecule has 0 aliphatic heterocycles. The summed E-state index contributed by atoms with van der Waals surface area (Å²) in [5.41, 5.74) is 7.90. The molecule has 0 radical (unpaired) electrons. The van der Waals surface area contributed by atoms with Crippen molar-refractivity contribution in [1.82, 2.24) is 0 Å². The summed E-state index contributed by atoms with van der Waals surface area (Å²) in [4.78, 5) is 1.22. The van der Waals surface area contributed by atoms with E-state index in [0.29, 0.717) is 0 Å². The highest BCUT2D eigenvalue weighted by Gasteiger charge is 1.97. The standard InChI is InChI=1S/C13H12INS/c14-11-6-4-10(5-7-11)9-16-13-3-1-2-12(15)8-13/h1-8H,9,15H2. The Hall–Kier alpha value is -0.680. The van der Waals surface area contributed by atoms with Gasteiger partial charge < -0.3 is 5.73 Å². The number of hydrogen-bond donors (Lipinski definition) is 1. The van der Waals surface area contributed by atoms with Crippen LogP contribution >= 0.6 is 34.4 Å². The van der Waals surface area contributed by atoms with Crippen LogP contribution in [0.5, 0.6) is 0 Å². The molecule has 1 nitrogen and oxygen atoms in total. The highest BCUT2D eigenvalue weighted by atomic mass is 127. The number of thioether (sulfide) groups is 1. The molecule has 0 bridgehead atoms. The lowest BCUT2D eigenvalue weighted by atomic mass is 10.2. The van der Waals surface area contributed by atoms with Crippen molar-refractivity contribution in [3.63, 3.8) is 0 Å². The van der Waals surface area contributed by atoms with Crippen molar-refractivity contribution < 1.29 is 0 Å². The van der Waals surface area contributed by atoms with Crippen LogP contribution in [-0.4, -0.2) is 0 Å². The van der Waals surface area contributed by atoms with Gasteiger partial charge >= 0.3 is 0 Å². The monoisotopic (exact) mass is 341 g/mol. The minimum absolute atomic E-state index is 0.826. The average Bonchev–Trinajstić information content (AvgIpc) is 2.28. The first kappa shape index (κ1) is 11.8. The van der Waals surface area contributed by atoms with Crippen molar-refractivity contribution in [2.24, 2.45) is 0 Å². The Morgan fingerprint density at radius 1 is 1.06 bits per heavy atom. The van der Waals surface area contributed by atoms with Crippen LogP contribution in [0.3, 0.4) is 0 Å². The van der Waals surface area contributed by atoms with E-state index in [9.17, 15) is 0 Å². The molecule has 0 aliphatic rings. The van der Waals surface area contributed by atoms with E-state index in [0.717, 1.165) is 11.4 Å². The first-order chi connectivity index (χ1) is 7.74. The lowest BCUT2D eigenvalue weighted by molar-refractivity contribution is 1.37. The van der Waals surface area contributed by atoms with Gasteiger partial charge in [0.1, 0.15) is 0 Å². The van der Waals surface area contributed by atoms with Gasteiger partial charge in [-0.05, 0) is 58.5 Å². The summed E-state index contributed by atoms with van der Waals surface area (Å²) in [5.74, 6) is 0.986. The van der Waals surface area contributed by atoms with Gasteiger partial charge in [-0.3, -0.25) is 0 Å². The van der Waals surface area contributed by atoms with Gasteiger partial charge in [-0.15, -0.1) is 11.8 Å². The molecule has 0 amide bonds. The van der Waals surface area contributed by atoms with Crippen LogP contribution in [0.1, 0.15) is 5.56 Å². The predicted octanol–water partition coefficient (Wildman–Crippen LogP) is 4.17. The van der Waals surface area contributed by atoms with Gasteiger partial charge in [-0.25, -0.2) is 0 Å². The van der Waals surface area contributed by atoms with Crippen molar-refractivity contribution >= 4 is 40.0 Å². The van der Waals surface area contributed by atoms with E-state index in [-0.39, 0.29) is 0 Å². The normalized spacial score (nSPS) is 10.3. The summed E-state index contributed by atoms with van der Waals surface area (Å²) in [6.07, 6.45) is 0. The zero-order valence-electron chi connectivity index (χ0n) is 8.69. The minimum Gasteiger partial charge on any atom is -0.399 e. The summed E-state index contributed by atoms with van der Waals surface area (Å²) in [6.45, 7) is 0. The van der Waals surface area contributed by atoms with Gasteiger partial charge in [0.2, 0.25) is 0 Å². The third-order valence-electron chi connectivity index (χ3n) is 2.18. The van der Waals surface area contributed by atoms with E-state index in [2.05, 4.69) is 52.9 Å². The van der Waals surface area contributed by atoms with Crippen LogP contribution in [0.25, 0.3) is 0 Å². The third kappa shape index (κ3) is 3.42. The van der Waals surface area contributed by atoms with E-state index in [1.54, 1.807) is 0 Å². The van der Waals surface area contributed by atoms with E-state index in [1.807, 2.05) is 30.0 Å². The summed E-state index contributed by atoms with van der Waals surface area (Å²) in [6, 6.07) is 16.6. The predicted molar refractivity (Wildman–Crippen MR) is 79.6 cm³/mol. The zero-order valence-corrected chi connectivity index (χ0v) is 11.7. The van der Waals surface area contributed by atoms with E-state index >= 15 is 0 Å². The maximum Gasteiger partial charge on any atom is 0.0325 e. The molecule has 0 heterocycles. The van der Waals surface area contributed by atoms with Crippen LogP contribution in [0.15, 0.2) is 53.4 Å². The van der Waals surface area contributed by atoms with Gasteiger partial charge in [0.15, 0.2) is 0 Å². The Balaban J connectivity index is 1.99. The Kier molecular flexibility index (Phi) is 4.12. The second kappa shape index (κ2) is 5.59. The Morgan fingerprint density at radius 3 is 2.50 bits per heavy atom. The Morgan fingerprint density at radius 2 is 1.81 bits per heavy atom. The molecule has 3 heteroatoms. The van der Waals surface area contributed by atoms with Crippen LogP contribution in [0, 0.1) is 3.57 Å². The smallest absolute Gasteiger partial charge is 0.0325 e. The molecular weight excluding hydrogens is 329 g/mol. The number of rotatable bonds is 3. The fraction of sp³-hybridized carbons (Fsp3) is 0.0769. The van der Waals surface area contributed by atoms with Gasteiger partial charge in [0.05, 0.1) is 0 Å². The highest BCUT2D eigenvalue weighted by molar-refractivity contribution is 14.1. The second-order valence-electron chi connectivity index (χ2n) is 3.49. The van der Waals surface area contributed by atoms with Gasteiger partial charge in [-0.1, -0.05) is 18.2 Å². The highest BCUT2D eigenvalue weighted by Crippen LogP contribution is 2.24. The fourth-order valence-corrected chi connectivity index (χ4v) is 2.63. The topological polar surface area (TPSA) is 26.0 Å². The molecule has 0 aliphatic carbocycles. The number of hydrogen-bond acceptors (Lipinski definition) is 2. The second-order valence-corrected chi connectivity index (χ2v) is 5.78. The van der Waals surface area contributed by atoms with Crippen molar-refractivity contribution in [3.05, 3.63) is 57.7 Å². The molecule has 0 saturated carbocycles. The van der Waals surface area contributed by atoms with Crippen LogP contribution < -0.4 is 5.73 Å². The first-order valence-electron chi connectivity index (χ1n) is 4.97. The molecule has 16 heavy (non-hydrogen) atoms. The van der Waals surface area contributed by atoms with Gasteiger partial charge in [0, 0.05) is 19.9 Å². The van der Waals surface area contributed by atoms with E-state index < -0.39 is 0 Å². The first-order valence-corrected chi connectivity index (χ1v) is 7.03. The molecule has 0 aromatic heterocycles. The summed E-state index contributed by atoms with van der Waals surface area (Å²) < 4.78 is 1.27. The SMILES string of the molecule is Nc1cccc(SCc2ccc(I)cc2)c1. The molecule has 0 saturated heterocycles. The van der Waals surface area contributed by atoms with Crippen molar-refractivity contribution in [3.8, 4) is 0 Å². The molecule has 0 atom stereocenters. The maximum absolute atomic E-state index is 5.73. The summed E-state index contributed by atoms with van der Waals surface area (Å²) >= 11 is 4.13. The Bertz CT molecular complexity index is 468. The maximum atomic E-state index is 5.73. The summed E-state index contributed by atoms with van der Waals surface area (Å²) in [7, 11) is 0. The van der Waals surface area contributed by atoms with E-state index in [1.165, 1.54) is 14.0 Å². The average molecular weight is 341 g/mol. The molecule has 82 valence electrons. The fourth-order valence-electron chi connectivity index (χ4n) is 1.35. The van der Waals surface area contributed by atoms with E-state index in [4.69, 9.17) is 5.73 Å². The molecule has 2 aromatic carbocycles. The molecule has 0 spiro atoms. The lowest BCUT2D eigenvalue weighted by Gasteiger charge is -2.03.